The molecule has 19 heavy (non-hydrogen) atoms. The van der Waals surface area contributed by atoms with E-state index in [-0.39, 0.29) is 12.5 Å². The molecule has 1 amide bonds. The van der Waals surface area contributed by atoms with Gasteiger partial charge in [0.25, 0.3) is 0 Å². The van der Waals surface area contributed by atoms with E-state index in [0.717, 1.165) is 0 Å². The Morgan fingerprint density at radius 1 is 1.63 bits per heavy atom. The molecule has 2 N–H and O–H groups in total. The first-order valence-corrected chi connectivity index (χ1v) is 6.16. The third-order valence-electron chi connectivity index (χ3n) is 2.64. The fraction of sp³-hybridized carbons (Fsp3) is 0.538. The number of carbonyl (C=O) groups is 1. The number of nitrogens with zero attached hydrogens (tertiary/aromatic N) is 2. The first-order valence-electron chi connectivity index (χ1n) is 6.16. The van der Waals surface area contributed by atoms with E-state index in [1.54, 1.807) is 44.3 Å². The average Bonchev–Trinajstić information content (AvgIpc) is 2.39. The maximum Gasteiger partial charge on any atom is 0.239 e. The van der Waals surface area contributed by atoms with Crippen molar-refractivity contribution < 1.29 is 14.6 Å². The summed E-state index contributed by atoms with van der Waals surface area (Å²) in [6.07, 6.45) is 1.02. The minimum Gasteiger partial charge on any atom is -0.389 e. The lowest BCUT2D eigenvalue weighted by Crippen LogP contribution is -2.37. The van der Waals surface area contributed by atoms with E-state index in [1.807, 2.05) is 0 Å². The number of pyridine rings is 1. The number of amides is 1. The van der Waals surface area contributed by atoms with E-state index in [9.17, 15) is 9.90 Å². The maximum atomic E-state index is 11.7. The van der Waals surface area contributed by atoms with E-state index in [1.165, 1.54) is 0 Å². The molecule has 6 nitrogen and oxygen atoms in total. The zero-order chi connectivity index (χ0) is 14.3. The van der Waals surface area contributed by atoms with Gasteiger partial charge in [0.15, 0.2) is 0 Å². The van der Waals surface area contributed by atoms with Crippen molar-refractivity contribution in [2.45, 2.75) is 13.0 Å². The topological polar surface area (TPSA) is 74.7 Å². The maximum absolute atomic E-state index is 11.7. The van der Waals surface area contributed by atoms with Crippen LogP contribution in [0.4, 0.5) is 5.82 Å². The summed E-state index contributed by atoms with van der Waals surface area (Å²) in [4.78, 5) is 17.6. The van der Waals surface area contributed by atoms with Gasteiger partial charge >= 0.3 is 0 Å². The normalized spacial score (nSPS) is 12.0. The van der Waals surface area contributed by atoms with Gasteiger partial charge in [0.1, 0.15) is 5.82 Å². The van der Waals surface area contributed by atoms with Gasteiger partial charge in [-0.05, 0) is 13.0 Å². The highest BCUT2D eigenvalue weighted by Crippen LogP contribution is 2.22. The van der Waals surface area contributed by atoms with Crippen LogP contribution in [0.3, 0.4) is 0 Å². The van der Waals surface area contributed by atoms with Crippen LogP contribution in [0.15, 0.2) is 18.3 Å². The van der Waals surface area contributed by atoms with Crippen LogP contribution in [-0.4, -0.2) is 49.9 Å². The lowest BCUT2D eigenvalue weighted by atomic mass is 10.1. The highest BCUT2D eigenvalue weighted by molar-refractivity contribution is 5.81. The summed E-state index contributed by atoms with van der Waals surface area (Å²) in [6, 6.07) is 3.56. The fourth-order valence-electron chi connectivity index (χ4n) is 1.69. The molecule has 1 rings (SSSR count). The Morgan fingerprint density at radius 2 is 2.37 bits per heavy atom. The first kappa shape index (κ1) is 15.4. The summed E-state index contributed by atoms with van der Waals surface area (Å²) in [7, 11) is 3.35. The Labute approximate surface area is 113 Å². The van der Waals surface area contributed by atoms with Gasteiger partial charge in [0.05, 0.1) is 19.3 Å². The van der Waals surface area contributed by atoms with Gasteiger partial charge in [-0.1, -0.05) is 6.07 Å². The van der Waals surface area contributed by atoms with Crippen molar-refractivity contribution in [3.63, 3.8) is 0 Å². The zero-order valence-electron chi connectivity index (χ0n) is 11.6. The molecule has 0 aromatic carbocycles. The standard InChI is InChI=1S/C13H21N3O3/c1-10(17)11-5-4-6-15-13(11)16(2)9-12(18)14-7-8-19-3/h4-6,10,17H,7-9H2,1-3H3,(H,14,18)/t10-/m1/s1. The molecule has 1 aromatic heterocycles. The smallest absolute Gasteiger partial charge is 0.239 e. The molecule has 0 radical (unpaired) electrons. The van der Waals surface area contributed by atoms with Gasteiger partial charge in [0.2, 0.25) is 5.91 Å². The third-order valence-corrected chi connectivity index (χ3v) is 2.64. The number of ether oxygens (including phenoxy) is 1. The van der Waals surface area contributed by atoms with Gasteiger partial charge in [-0.15, -0.1) is 0 Å². The second-order valence-electron chi connectivity index (χ2n) is 4.29. The van der Waals surface area contributed by atoms with Crippen LogP contribution < -0.4 is 10.2 Å². The van der Waals surface area contributed by atoms with Crippen LogP contribution in [0.1, 0.15) is 18.6 Å². The Balaban J connectivity index is 2.62. The molecule has 0 aliphatic rings. The van der Waals surface area contributed by atoms with E-state index in [2.05, 4.69) is 10.3 Å². The molecule has 0 aliphatic carbocycles. The molecular weight excluding hydrogens is 246 g/mol. The van der Waals surface area contributed by atoms with Crippen molar-refractivity contribution in [1.29, 1.82) is 0 Å². The number of aromatic nitrogens is 1. The molecule has 0 unspecified atom stereocenters. The Morgan fingerprint density at radius 3 is 3.00 bits per heavy atom. The van der Waals surface area contributed by atoms with E-state index >= 15 is 0 Å². The van der Waals surface area contributed by atoms with Gasteiger partial charge in [-0.3, -0.25) is 4.79 Å². The molecule has 0 bridgehead atoms. The number of rotatable bonds is 7. The summed E-state index contributed by atoms with van der Waals surface area (Å²) >= 11 is 0. The minimum absolute atomic E-state index is 0.109. The highest BCUT2D eigenvalue weighted by atomic mass is 16.5. The fourth-order valence-corrected chi connectivity index (χ4v) is 1.69. The lowest BCUT2D eigenvalue weighted by Gasteiger charge is -2.21. The van der Waals surface area contributed by atoms with Crippen LogP contribution in [-0.2, 0) is 9.53 Å². The second kappa shape index (κ2) is 7.70. The SMILES string of the molecule is COCCNC(=O)CN(C)c1ncccc1[C@@H](C)O. The Hall–Kier alpha value is -1.66. The molecule has 0 saturated carbocycles. The Bertz CT molecular complexity index is 410. The van der Waals surface area contributed by atoms with Crippen molar-refractivity contribution in [2.24, 2.45) is 0 Å². The quantitative estimate of drug-likeness (QED) is 0.697. The van der Waals surface area contributed by atoms with Crippen LogP contribution in [0.2, 0.25) is 0 Å². The summed E-state index contributed by atoms with van der Waals surface area (Å²) in [6.45, 7) is 2.82. The third kappa shape index (κ3) is 4.84. The molecule has 6 heteroatoms. The van der Waals surface area contributed by atoms with Crippen molar-refractivity contribution >= 4 is 11.7 Å². The predicted octanol–water partition coefficient (Wildman–Crippen LogP) is 0.334. The highest BCUT2D eigenvalue weighted by Gasteiger charge is 2.14. The van der Waals surface area contributed by atoms with E-state index in [0.29, 0.717) is 24.5 Å². The predicted molar refractivity (Wildman–Crippen MR) is 73.0 cm³/mol. The van der Waals surface area contributed by atoms with Gasteiger partial charge < -0.3 is 20.1 Å². The molecular formula is C13H21N3O3. The molecule has 0 spiro atoms. The van der Waals surface area contributed by atoms with Crippen LogP contribution >= 0.6 is 0 Å². The molecule has 1 aromatic rings. The van der Waals surface area contributed by atoms with Crippen molar-refractivity contribution in [1.82, 2.24) is 10.3 Å². The number of likely N-dealkylation sites (N-methyl/N-ethyl adjacent to an activating group) is 1. The molecule has 106 valence electrons. The number of hydrogen-bond acceptors (Lipinski definition) is 5. The molecule has 1 atom stereocenters. The average molecular weight is 267 g/mol. The van der Waals surface area contributed by atoms with Crippen LogP contribution in [0.25, 0.3) is 0 Å². The summed E-state index contributed by atoms with van der Waals surface area (Å²) in [5.41, 5.74) is 0.703. The Kier molecular flexibility index (Phi) is 6.24. The number of methoxy groups -OCH3 is 1. The monoisotopic (exact) mass is 267 g/mol. The number of anilines is 1. The lowest BCUT2D eigenvalue weighted by molar-refractivity contribution is -0.119. The molecule has 0 aliphatic heterocycles. The van der Waals surface area contributed by atoms with Crippen LogP contribution in [0, 0.1) is 0 Å². The molecule has 0 saturated heterocycles. The first-order chi connectivity index (χ1) is 9.06. The molecule has 0 fully saturated rings. The van der Waals surface area contributed by atoms with E-state index in [4.69, 9.17) is 4.74 Å². The number of hydrogen-bond donors (Lipinski definition) is 2. The van der Waals surface area contributed by atoms with E-state index < -0.39 is 6.10 Å². The summed E-state index contributed by atoms with van der Waals surface area (Å²) in [5.74, 6) is 0.501. The number of aliphatic hydroxyl groups is 1. The van der Waals surface area contributed by atoms with Crippen LogP contribution in [0.5, 0.6) is 0 Å². The zero-order valence-corrected chi connectivity index (χ0v) is 11.6. The van der Waals surface area contributed by atoms with Gasteiger partial charge in [-0.2, -0.15) is 0 Å². The summed E-state index contributed by atoms with van der Waals surface area (Å²) < 4.78 is 4.86. The largest absolute Gasteiger partial charge is 0.389 e. The minimum atomic E-state index is -0.622. The molecule has 1 heterocycles. The van der Waals surface area contributed by atoms with Gasteiger partial charge in [0, 0.05) is 32.5 Å². The van der Waals surface area contributed by atoms with Crippen molar-refractivity contribution in [3.05, 3.63) is 23.9 Å². The number of carbonyl (C=O) groups excluding carboxylic acids is 1. The number of nitrogens with one attached hydrogen (secondary N) is 1. The second-order valence-corrected chi connectivity index (χ2v) is 4.29. The number of aliphatic hydroxyl groups excluding tert-OH is 1. The van der Waals surface area contributed by atoms with Crippen molar-refractivity contribution in [3.8, 4) is 0 Å². The van der Waals surface area contributed by atoms with Gasteiger partial charge in [-0.25, -0.2) is 4.98 Å². The summed E-state index contributed by atoms with van der Waals surface area (Å²) in [5, 5.41) is 12.4. The van der Waals surface area contributed by atoms with Crippen molar-refractivity contribution in [2.75, 3.05) is 38.8 Å².